The molecule has 2 heterocycles. The van der Waals surface area contributed by atoms with E-state index in [9.17, 15) is 14.7 Å². The Labute approximate surface area is 213 Å². The molecule has 37 heavy (non-hydrogen) atoms. The fourth-order valence-electron chi connectivity index (χ4n) is 4.35. The van der Waals surface area contributed by atoms with Gasteiger partial charge in [-0.05, 0) is 66.7 Å². The number of hydrogen-bond acceptors (Lipinski definition) is 7. The first-order chi connectivity index (χ1) is 18.0. The molecule has 1 aliphatic rings. The maximum Gasteiger partial charge on any atom is 0.300 e. The molecule has 2 N–H and O–H groups in total. The summed E-state index contributed by atoms with van der Waals surface area (Å²) in [5.74, 6) is -0.756. The van der Waals surface area contributed by atoms with Crippen LogP contribution in [0.25, 0.3) is 5.76 Å². The minimum atomic E-state index is -0.962. The maximum absolute atomic E-state index is 13.3. The molecule has 1 fully saturated rings. The van der Waals surface area contributed by atoms with Crippen LogP contribution in [0.1, 0.15) is 17.4 Å². The molecular formula is C29H24N2O6. The highest BCUT2D eigenvalue weighted by Crippen LogP contribution is 2.43. The number of aliphatic hydroxyl groups excluding tert-OH is 1. The van der Waals surface area contributed by atoms with Crippen LogP contribution in [0.3, 0.4) is 0 Å². The van der Waals surface area contributed by atoms with Crippen molar-refractivity contribution >= 4 is 34.5 Å². The van der Waals surface area contributed by atoms with Crippen molar-refractivity contribution in [2.45, 2.75) is 6.04 Å². The molecule has 3 aromatic carbocycles. The van der Waals surface area contributed by atoms with E-state index >= 15 is 0 Å². The fraction of sp³-hybridized carbons (Fsp3) is 0.103. The summed E-state index contributed by atoms with van der Waals surface area (Å²) in [5, 5.41) is 14.6. The van der Waals surface area contributed by atoms with E-state index in [0.29, 0.717) is 28.5 Å². The van der Waals surface area contributed by atoms with Crippen LogP contribution < -0.4 is 19.7 Å². The number of ketones is 1. The molecule has 1 atom stereocenters. The molecular weight excluding hydrogens is 472 g/mol. The summed E-state index contributed by atoms with van der Waals surface area (Å²) >= 11 is 0. The highest BCUT2D eigenvalue weighted by molar-refractivity contribution is 6.51. The van der Waals surface area contributed by atoms with Gasteiger partial charge in [0.25, 0.3) is 11.7 Å². The van der Waals surface area contributed by atoms with Crippen LogP contribution in [-0.4, -0.2) is 31.0 Å². The molecule has 1 amide bonds. The predicted molar refractivity (Wildman–Crippen MR) is 139 cm³/mol. The van der Waals surface area contributed by atoms with Crippen LogP contribution in [0.4, 0.5) is 17.1 Å². The van der Waals surface area contributed by atoms with Crippen molar-refractivity contribution in [3.05, 3.63) is 108 Å². The lowest BCUT2D eigenvalue weighted by atomic mass is 9.99. The number of para-hydroxylation sites is 1. The average Bonchev–Trinajstić information content (AvgIpc) is 3.56. The van der Waals surface area contributed by atoms with Gasteiger partial charge in [-0.3, -0.25) is 14.5 Å². The Bertz CT molecular complexity index is 1460. The quantitative estimate of drug-likeness (QED) is 0.193. The molecule has 0 saturated carbocycles. The van der Waals surface area contributed by atoms with Crippen molar-refractivity contribution in [3.8, 4) is 11.5 Å². The van der Waals surface area contributed by atoms with E-state index in [1.54, 1.807) is 42.5 Å². The van der Waals surface area contributed by atoms with Gasteiger partial charge < -0.3 is 24.3 Å². The molecule has 8 nitrogen and oxygen atoms in total. The van der Waals surface area contributed by atoms with Gasteiger partial charge in [-0.2, -0.15) is 0 Å². The molecule has 1 unspecified atom stereocenters. The molecule has 0 aliphatic carbocycles. The van der Waals surface area contributed by atoms with Crippen molar-refractivity contribution < 1.29 is 28.6 Å². The number of nitrogens with zero attached hydrogens (tertiary/aromatic N) is 1. The van der Waals surface area contributed by atoms with E-state index in [4.69, 9.17) is 13.9 Å². The molecule has 1 aromatic heterocycles. The summed E-state index contributed by atoms with van der Waals surface area (Å²) in [4.78, 5) is 27.9. The molecule has 5 rings (SSSR count). The van der Waals surface area contributed by atoms with Gasteiger partial charge in [0.15, 0.2) is 11.5 Å². The molecule has 1 aliphatic heterocycles. The number of hydrogen-bond donors (Lipinski definition) is 2. The number of nitrogens with one attached hydrogen (secondary N) is 1. The topological polar surface area (TPSA) is 101 Å². The molecule has 4 aromatic rings. The normalized spacial score (nSPS) is 16.6. The molecule has 0 radical (unpaired) electrons. The monoisotopic (exact) mass is 496 g/mol. The zero-order valence-corrected chi connectivity index (χ0v) is 20.2. The third-order valence-electron chi connectivity index (χ3n) is 6.12. The Kier molecular flexibility index (Phi) is 6.38. The summed E-state index contributed by atoms with van der Waals surface area (Å²) in [7, 11) is 2.97. The summed E-state index contributed by atoms with van der Waals surface area (Å²) in [6.07, 6.45) is 1.46. The molecule has 186 valence electrons. The van der Waals surface area contributed by atoms with Gasteiger partial charge in [-0.1, -0.05) is 18.2 Å². The number of carbonyl (C=O) groups excluding carboxylic acids is 2. The Morgan fingerprint density at radius 1 is 0.865 bits per heavy atom. The summed E-state index contributed by atoms with van der Waals surface area (Å²) < 4.78 is 16.2. The molecule has 0 bridgehead atoms. The fourth-order valence-corrected chi connectivity index (χ4v) is 4.35. The lowest BCUT2D eigenvalue weighted by molar-refractivity contribution is -0.132. The van der Waals surface area contributed by atoms with Gasteiger partial charge in [0.05, 0.1) is 26.1 Å². The van der Waals surface area contributed by atoms with Crippen LogP contribution in [0.2, 0.25) is 0 Å². The Balaban J connectivity index is 1.56. The zero-order chi connectivity index (χ0) is 25.9. The van der Waals surface area contributed by atoms with Crippen LogP contribution in [-0.2, 0) is 9.59 Å². The van der Waals surface area contributed by atoms with Crippen molar-refractivity contribution in [2.75, 3.05) is 24.4 Å². The van der Waals surface area contributed by atoms with Gasteiger partial charge in [0.2, 0.25) is 0 Å². The van der Waals surface area contributed by atoms with Gasteiger partial charge >= 0.3 is 0 Å². The standard InChI is InChI=1S/C29H24N2O6/c1-35-22-15-10-18(17-24(22)36-2)27(32)25-26(23-9-6-16-37-23)31(29(34)28(25)33)21-13-11-20(12-14-21)30-19-7-4-3-5-8-19/h3-17,26,30,32H,1-2H3/b27-25-. The number of carbonyl (C=O) groups is 2. The van der Waals surface area contributed by atoms with Gasteiger partial charge in [-0.25, -0.2) is 0 Å². The van der Waals surface area contributed by atoms with Crippen LogP contribution in [0.15, 0.2) is 101 Å². The van der Waals surface area contributed by atoms with Crippen LogP contribution in [0, 0.1) is 0 Å². The van der Waals surface area contributed by atoms with Gasteiger partial charge in [0.1, 0.15) is 17.6 Å². The SMILES string of the molecule is COc1ccc(/C(O)=C2/C(=O)C(=O)N(c3ccc(Nc4ccccc4)cc3)C2c2ccco2)cc1OC. The van der Waals surface area contributed by atoms with E-state index < -0.39 is 17.7 Å². The highest BCUT2D eigenvalue weighted by Gasteiger charge is 2.48. The summed E-state index contributed by atoms with van der Waals surface area (Å²) in [6.45, 7) is 0. The number of aliphatic hydroxyl groups is 1. The van der Waals surface area contributed by atoms with E-state index in [-0.39, 0.29) is 11.3 Å². The van der Waals surface area contributed by atoms with E-state index in [1.165, 1.54) is 25.4 Å². The summed E-state index contributed by atoms with van der Waals surface area (Å²) in [6, 6.07) is 23.9. The second kappa shape index (κ2) is 9.94. The Hall–Kier alpha value is -4.98. The molecule has 1 saturated heterocycles. The number of ether oxygens (including phenoxy) is 2. The lowest BCUT2D eigenvalue weighted by Crippen LogP contribution is -2.29. The van der Waals surface area contributed by atoms with Crippen LogP contribution >= 0.6 is 0 Å². The predicted octanol–water partition coefficient (Wildman–Crippen LogP) is 5.67. The number of benzene rings is 3. The first-order valence-corrected chi connectivity index (χ1v) is 11.5. The number of amides is 1. The first-order valence-electron chi connectivity index (χ1n) is 11.5. The number of rotatable bonds is 7. The van der Waals surface area contributed by atoms with Crippen molar-refractivity contribution in [1.29, 1.82) is 0 Å². The number of Topliss-reactive ketones (excluding diaryl/α,β-unsaturated/α-hetero) is 1. The van der Waals surface area contributed by atoms with E-state index in [0.717, 1.165) is 11.4 Å². The minimum absolute atomic E-state index is 0.0846. The highest BCUT2D eigenvalue weighted by atomic mass is 16.5. The zero-order valence-electron chi connectivity index (χ0n) is 20.2. The first kappa shape index (κ1) is 23.7. The lowest BCUT2D eigenvalue weighted by Gasteiger charge is -2.23. The smallest absolute Gasteiger partial charge is 0.300 e. The number of furan rings is 1. The van der Waals surface area contributed by atoms with E-state index in [2.05, 4.69) is 5.32 Å². The average molecular weight is 497 g/mol. The second-order valence-corrected chi connectivity index (χ2v) is 8.29. The second-order valence-electron chi connectivity index (χ2n) is 8.29. The molecule has 0 spiro atoms. The van der Waals surface area contributed by atoms with Crippen molar-refractivity contribution in [2.24, 2.45) is 0 Å². The third kappa shape index (κ3) is 4.40. The largest absolute Gasteiger partial charge is 0.507 e. The Morgan fingerprint density at radius 3 is 2.22 bits per heavy atom. The molecule has 8 heteroatoms. The summed E-state index contributed by atoms with van der Waals surface area (Å²) in [5.41, 5.74) is 2.43. The Morgan fingerprint density at radius 2 is 1.57 bits per heavy atom. The van der Waals surface area contributed by atoms with Crippen molar-refractivity contribution in [3.63, 3.8) is 0 Å². The van der Waals surface area contributed by atoms with E-state index in [1.807, 2.05) is 42.5 Å². The van der Waals surface area contributed by atoms with Crippen molar-refractivity contribution in [1.82, 2.24) is 0 Å². The number of anilines is 3. The minimum Gasteiger partial charge on any atom is -0.507 e. The van der Waals surface area contributed by atoms with Crippen LogP contribution in [0.5, 0.6) is 11.5 Å². The maximum atomic E-state index is 13.3. The van der Waals surface area contributed by atoms with Gasteiger partial charge in [0, 0.05) is 22.6 Å². The number of methoxy groups -OCH3 is 2. The third-order valence-corrected chi connectivity index (χ3v) is 6.12. The van der Waals surface area contributed by atoms with Gasteiger partial charge in [-0.15, -0.1) is 0 Å².